The molecule has 0 bridgehead atoms. The van der Waals surface area contributed by atoms with E-state index in [0.29, 0.717) is 5.56 Å². The molecule has 0 heterocycles. The molecule has 0 saturated carbocycles. The van der Waals surface area contributed by atoms with E-state index < -0.39 is 21.7 Å². The summed E-state index contributed by atoms with van der Waals surface area (Å²) in [5.41, 5.74) is 1.51. The van der Waals surface area contributed by atoms with E-state index in [1.807, 2.05) is 0 Å². The van der Waals surface area contributed by atoms with E-state index in [-0.39, 0.29) is 10.6 Å². The van der Waals surface area contributed by atoms with Gasteiger partial charge in [0.1, 0.15) is 5.82 Å². The van der Waals surface area contributed by atoms with Crippen molar-refractivity contribution in [3.63, 3.8) is 0 Å². The van der Waals surface area contributed by atoms with Gasteiger partial charge in [0.25, 0.3) is 0 Å². The van der Waals surface area contributed by atoms with Gasteiger partial charge in [0.15, 0.2) is 0 Å². The van der Waals surface area contributed by atoms with E-state index in [9.17, 15) is 17.6 Å². The van der Waals surface area contributed by atoms with E-state index in [0.717, 1.165) is 5.56 Å². The van der Waals surface area contributed by atoms with Gasteiger partial charge < -0.3 is 5.32 Å². The smallest absolute Gasteiger partial charge is 0.248 e. The van der Waals surface area contributed by atoms with E-state index in [1.54, 1.807) is 25.1 Å². The Morgan fingerprint density at radius 1 is 1.12 bits per heavy atom. The van der Waals surface area contributed by atoms with Crippen molar-refractivity contribution in [2.45, 2.75) is 11.8 Å². The van der Waals surface area contributed by atoms with Crippen molar-refractivity contribution in [2.24, 2.45) is 0 Å². The molecule has 0 atom stereocenters. The molecule has 7 heteroatoms. The number of rotatable bonds is 5. The first-order chi connectivity index (χ1) is 11.3. The SMILES string of the molecule is CNS(=O)(=O)c1ccc(/C=C/C(=O)Nc2ccc(C)cc2F)cc1. The number of carbonyl (C=O) groups excluding carboxylic acids is 1. The lowest BCUT2D eigenvalue weighted by Crippen LogP contribution is -2.18. The van der Waals surface area contributed by atoms with E-state index in [1.165, 1.54) is 43.5 Å². The van der Waals surface area contributed by atoms with Crippen LogP contribution in [0.3, 0.4) is 0 Å². The molecule has 2 aromatic rings. The number of aryl methyl sites for hydroxylation is 1. The van der Waals surface area contributed by atoms with E-state index >= 15 is 0 Å². The molecule has 2 rings (SSSR count). The molecule has 0 radical (unpaired) electrons. The van der Waals surface area contributed by atoms with Crippen molar-refractivity contribution in [3.05, 3.63) is 65.5 Å². The Balaban J connectivity index is 2.06. The quantitative estimate of drug-likeness (QED) is 0.816. The fourth-order valence-corrected chi connectivity index (χ4v) is 2.67. The highest BCUT2D eigenvalue weighted by Gasteiger charge is 2.10. The van der Waals surface area contributed by atoms with Crippen LogP contribution < -0.4 is 10.0 Å². The standard InChI is InChI=1S/C17H17FN2O3S/c1-12-3-9-16(15(18)11-12)20-17(21)10-6-13-4-7-14(8-5-13)24(22,23)19-2/h3-11,19H,1-2H3,(H,20,21)/b10-6+. The van der Waals surface area contributed by atoms with Crippen LogP contribution >= 0.6 is 0 Å². The molecule has 0 aromatic heterocycles. The molecule has 0 spiro atoms. The first-order valence-electron chi connectivity index (χ1n) is 7.10. The van der Waals surface area contributed by atoms with Crippen molar-refractivity contribution in [1.82, 2.24) is 4.72 Å². The average molecular weight is 348 g/mol. The minimum absolute atomic E-state index is 0.103. The van der Waals surface area contributed by atoms with Crippen LogP contribution in [-0.4, -0.2) is 21.4 Å². The van der Waals surface area contributed by atoms with Gasteiger partial charge in [-0.15, -0.1) is 0 Å². The molecule has 2 aromatic carbocycles. The molecular weight excluding hydrogens is 331 g/mol. The summed E-state index contributed by atoms with van der Waals surface area (Å²) in [6, 6.07) is 10.5. The van der Waals surface area contributed by atoms with Crippen LogP contribution in [0.2, 0.25) is 0 Å². The number of benzene rings is 2. The average Bonchev–Trinajstić information content (AvgIpc) is 2.56. The van der Waals surface area contributed by atoms with Gasteiger partial charge in [-0.3, -0.25) is 4.79 Å². The van der Waals surface area contributed by atoms with Crippen LogP contribution in [0.1, 0.15) is 11.1 Å². The minimum atomic E-state index is -3.49. The summed E-state index contributed by atoms with van der Waals surface area (Å²) in [6.45, 7) is 1.76. The summed E-state index contributed by atoms with van der Waals surface area (Å²) < 4.78 is 39.1. The second-order valence-electron chi connectivity index (χ2n) is 5.08. The normalized spacial score (nSPS) is 11.6. The van der Waals surface area contributed by atoms with E-state index in [4.69, 9.17) is 0 Å². The number of halogens is 1. The topological polar surface area (TPSA) is 75.3 Å². The van der Waals surface area contributed by atoms with Crippen LogP contribution in [0, 0.1) is 12.7 Å². The first-order valence-corrected chi connectivity index (χ1v) is 8.59. The maximum absolute atomic E-state index is 13.7. The van der Waals surface area contributed by atoms with Gasteiger partial charge in [0.05, 0.1) is 10.6 Å². The molecular formula is C17H17FN2O3S. The fourth-order valence-electron chi connectivity index (χ4n) is 1.94. The number of nitrogens with one attached hydrogen (secondary N) is 2. The number of hydrogen-bond donors (Lipinski definition) is 2. The van der Waals surface area contributed by atoms with Gasteiger partial charge in [-0.05, 0) is 55.4 Å². The summed E-state index contributed by atoms with van der Waals surface area (Å²) in [5, 5.41) is 2.45. The van der Waals surface area contributed by atoms with Crippen molar-refractivity contribution >= 4 is 27.7 Å². The summed E-state index contributed by atoms with van der Waals surface area (Å²) in [4.78, 5) is 12.0. The summed E-state index contributed by atoms with van der Waals surface area (Å²) >= 11 is 0. The van der Waals surface area contributed by atoms with Crippen LogP contribution in [0.5, 0.6) is 0 Å². The minimum Gasteiger partial charge on any atom is -0.320 e. The number of sulfonamides is 1. The Hall–Kier alpha value is -2.51. The first kappa shape index (κ1) is 17.8. The van der Waals surface area contributed by atoms with Gasteiger partial charge in [0, 0.05) is 6.08 Å². The Kier molecular flexibility index (Phi) is 5.48. The molecule has 2 N–H and O–H groups in total. The third-order valence-corrected chi connectivity index (χ3v) is 4.70. The second-order valence-corrected chi connectivity index (χ2v) is 6.97. The molecule has 24 heavy (non-hydrogen) atoms. The molecule has 126 valence electrons. The largest absolute Gasteiger partial charge is 0.320 e. The Morgan fingerprint density at radius 2 is 1.79 bits per heavy atom. The summed E-state index contributed by atoms with van der Waals surface area (Å²) in [6.07, 6.45) is 2.76. The molecule has 0 unspecified atom stereocenters. The van der Waals surface area contributed by atoms with E-state index in [2.05, 4.69) is 10.0 Å². The van der Waals surface area contributed by atoms with Crippen molar-refractivity contribution < 1.29 is 17.6 Å². The highest BCUT2D eigenvalue weighted by Crippen LogP contribution is 2.15. The number of hydrogen-bond acceptors (Lipinski definition) is 3. The molecule has 0 aliphatic heterocycles. The molecule has 0 aliphatic rings. The maximum atomic E-state index is 13.7. The Labute approximate surface area is 140 Å². The zero-order valence-corrected chi connectivity index (χ0v) is 14.0. The predicted molar refractivity (Wildman–Crippen MR) is 91.5 cm³/mol. The van der Waals surface area contributed by atoms with Gasteiger partial charge in [0.2, 0.25) is 15.9 Å². The lowest BCUT2D eigenvalue weighted by Gasteiger charge is -2.04. The monoisotopic (exact) mass is 348 g/mol. The number of amides is 1. The van der Waals surface area contributed by atoms with Crippen molar-refractivity contribution in [2.75, 3.05) is 12.4 Å². The molecule has 1 amide bonds. The molecule has 0 saturated heterocycles. The van der Waals surface area contributed by atoms with Gasteiger partial charge in [-0.2, -0.15) is 0 Å². The Morgan fingerprint density at radius 3 is 2.38 bits per heavy atom. The third kappa shape index (κ3) is 4.50. The van der Waals surface area contributed by atoms with Gasteiger partial charge in [-0.25, -0.2) is 17.5 Å². The maximum Gasteiger partial charge on any atom is 0.248 e. The summed E-state index contributed by atoms with van der Waals surface area (Å²) in [7, 11) is -2.16. The molecule has 5 nitrogen and oxygen atoms in total. The zero-order valence-electron chi connectivity index (χ0n) is 13.2. The predicted octanol–water partition coefficient (Wildman–Crippen LogP) is 2.69. The lowest BCUT2D eigenvalue weighted by atomic mass is 10.2. The highest BCUT2D eigenvalue weighted by atomic mass is 32.2. The van der Waals surface area contributed by atoms with Gasteiger partial charge in [-0.1, -0.05) is 18.2 Å². The van der Waals surface area contributed by atoms with Gasteiger partial charge >= 0.3 is 0 Å². The fraction of sp³-hybridized carbons (Fsp3) is 0.118. The van der Waals surface area contributed by atoms with Crippen LogP contribution in [0.25, 0.3) is 6.08 Å². The summed E-state index contributed by atoms with van der Waals surface area (Å²) in [5.74, 6) is -0.983. The third-order valence-electron chi connectivity index (χ3n) is 3.27. The number of anilines is 1. The van der Waals surface area contributed by atoms with Crippen LogP contribution in [0.4, 0.5) is 10.1 Å². The van der Waals surface area contributed by atoms with Crippen LogP contribution in [0.15, 0.2) is 53.4 Å². The Bertz CT molecular complexity index is 875. The number of carbonyl (C=O) groups is 1. The second kappa shape index (κ2) is 7.37. The van der Waals surface area contributed by atoms with Crippen molar-refractivity contribution in [3.8, 4) is 0 Å². The van der Waals surface area contributed by atoms with Crippen LogP contribution in [-0.2, 0) is 14.8 Å². The zero-order chi connectivity index (χ0) is 17.7. The molecule has 0 fully saturated rings. The van der Waals surface area contributed by atoms with Crippen molar-refractivity contribution in [1.29, 1.82) is 0 Å². The lowest BCUT2D eigenvalue weighted by molar-refractivity contribution is -0.111. The molecule has 0 aliphatic carbocycles. The highest BCUT2D eigenvalue weighted by molar-refractivity contribution is 7.89.